The van der Waals surface area contributed by atoms with Crippen LogP contribution in [0.3, 0.4) is 0 Å². The fraction of sp³-hybridized carbons (Fsp3) is 0.333. The maximum atomic E-state index is 13.1. The van der Waals surface area contributed by atoms with Crippen molar-refractivity contribution in [2.75, 3.05) is 18.1 Å². The summed E-state index contributed by atoms with van der Waals surface area (Å²) in [5.74, 6) is 2.23. The number of fused-ring (bicyclic) bond motifs is 1. The van der Waals surface area contributed by atoms with Crippen molar-refractivity contribution in [1.29, 1.82) is 0 Å². The lowest BCUT2D eigenvalue weighted by Crippen LogP contribution is -2.25. The van der Waals surface area contributed by atoms with Crippen molar-refractivity contribution in [1.82, 2.24) is 9.55 Å². The number of rotatable bonds is 8. The minimum absolute atomic E-state index is 0.0822. The Bertz CT molecular complexity index is 1360. The summed E-state index contributed by atoms with van der Waals surface area (Å²) in [5.41, 5.74) is 6.66. The molecule has 1 aromatic heterocycles. The van der Waals surface area contributed by atoms with Gasteiger partial charge >= 0.3 is 0 Å². The van der Waals surface area contributed by atoms with Gasteiger partial charge in [0.1, 0.15) is 11.6 Å². The predicted octanol–water partition coefficient (Wildman–Crippen LogP) is 6.34. The van der Waals surface area contributed by atoms with Gasteiger partial charge in [0.05, 0.1) is 17.6 Å². The molecule has 5 rings (SSSR count). The van der Waals surface area contributed by atoms with E-state index in [1.165, 1.54) is 5.56 Å². The molecule has 0 radical (unpaired) electrons. The van der Waals surface area contributed by atoms with Crippen LogP contribution in [0.1, 0.15) is 47.7 Å². The molecule has 2 heterocycles. The number of imidazole rings is 1. The van der Waals surface area contributed by atoms with E-state index in [1.54, 1.807) is 0 Å². The number of unbranched alkanes of at least 4 members (excludes halogenated alkanes) is 1. The van der Waals surface area contributed by atoms with Gasteiger partial charge < -0.3 is 14.2 Å². The van der Waals surface area contributed by atoms with Crippen molar-refractivity contribution < 1.29 is 9.53 Å². The number of carbonyl (C=O) groups is 1. The number of nitrogens with zero attached hydrogens (tertiary/aromatic N) is 3. The summed E-state index contributed by atoms with van der Waals surface area (Å²) < 4.78 is 8.32. The number of amides is 1. The molecular formula is C30H33N3O2. The largest absolute Gasteiger partial charge is 0.493 e. The first kappa shape index (κ1) is 23.2. The van der Waals surface area contributed by atoms with Crippen molar-refractivity contribution in [3.8, 4) is 5.75 Å². The summed E-state index contributed by atoms with van der Waals surface area (Å²) in [7, 11) is 0. The van der Waals surface area contributed by atoms with Gasteiger partial charge in [0.15, 0.2) is 0 Å². The monoisotopic (exact) mass is 467 g/mol. The zero-order valence-corrected chi connectivity index (χ0v) is 20.8. The van der Waals surface area contributed by atoms with Gasteiger partial charge in [-0.25, -0.2) is 4.98 Å². The Balaban J connectivity index is 1.31. The summed E-state index contributed by atoms with van der Waals surface area (Å²) in [4.78, 5) is 20.0. The topological polar surface area (TPSA) is 47.4 Å². The molecule has 1 atom stereocenters. The molecule has 4 aromatic rings. The summed E-state index contributed by atoms with van der Waals surface area (Å²) in [6.07, 6.45) is 2.44. The molecule has 1 aliphatic rings. The molecule has 3 aromatic carbocycles. The summed E-state index contributed by atoms with van der Waals surface area (Å²) in [6, 6.07) is 22.7. The number of aryl methyl sites for hydroxylation is 4. The zero-order chi connectivity index (χ0) is 24.4. The highest BCUT2D eigenvalue weighted by Gasteiger charge is 2.35. The van der Waals surface area contributed by atoms with Crippen LogP contribution in [0.25, 0.3) is 11.0 Å². The van der Waals surface area contributed by atoms with Crippen molar-refractivity contribution >= 4 is 22.6 Å². The Hall–Kier alpha value is -3.60. The van der Waals surface area contributed by atoms with Gasteiger partial charge in [-0.15, -0.1) is 0 Å². The number of para-hydroxylation sites is 3. The van der Waals surface area contributed by atoms with Crippen molar-refractivity contribution in [3.05, 3.63) is 89.2 Å². The molecule has 1 amide bonds. The maximum Gasteiger partial charge on any atom is 0.227 e. The van der Waals surface area contributed by atoms with Gasteiger partial charge in [0.2, 0.25) is 5.91 Å². The van der Waals surface area contributed by atoms with Crippen LogP contribution >= 0.6 is 0 Å². The summed E-state index contributed by atoms with van der Waals surface area (Å²) >= 11 is 0. The summed E-state index contributed by atoms with van der Waals surface area (Å²) in [5, 5.41) is 0. The van der Waals surface area contributed by atoms with Crippen LogP contribution in [0.15, 0.2) is 66.7 Å². The molecule has 0 aliphatic carbocycles. The van der Waals surface area contributed by atoms with E-state index >= 15 is 0 Å². The van der Waals surface area contributed by atoms with Crippen LogP contribution in [0.2, 0.25) is 0 Å². The highest BCUT2D eigenvalue weighted by atomic mass is 16.5. The molecular weight excluding hydrogens is 434 g/mol. The standard InChI is InChI=1S/C30H33N3O2/c1-21-14-15-26(23(3)18-21)33-20-24(19-29(33)34)30-31-25-11-5-6-12-27(25)32(30)16-8-9-17-35-28-13-7-4-10-22(28)2/h4-7,10-15,18,24H,8-9,16-17,19-20H2,1-3H3. The van der Waals surface area contributed by atoms with E-state index < -0.39 is 0 Å². The molecule has 0 bridgehead atoms. The van der Waals surface area contributed by atoms with Crippen molar-refractivity contribution in [2.24, 2.45) is 0 Å². The molecule has 5 heteroatoms. The van der Waals surface area contributed by atoms with E-state index in [9.17, 15) is 4.79 Å². The molecule has 1 saturated heterocycles. The molecule has 1 fully saturated rings. The molecule has 1 unspecified atom stereocenters. The Morgan fingerprint density at radius 1 is 0.943 bits per heavy atom. The van der Waals surface area contributed by atoms with Gasteiger partial charge in [-0.2, -0.15) is 0 Å². The SMILES string of the molecule is Cc1ccc(N2CC(c3nc4ccccc4n3CCCCOc3ccccc3C)CC2=O)c(C)c1. The first-order valence-corrected chi connectivity index (χ1v) is 12.5. The minimum Gasteiger partial charge on any atom is -0.493 e. The molecule has 35 heavy (non-hydrogen) atoms. The number of aromatic nitrogens is 2. The lowest BCUT2D eigenvalue weighted by Gasteiger charge is -2.20. The van der Waals surface area contributed by atoms with Crippen molar-refractivity contribution in [3.63, 3.8) is 0 Å². The Morgan fingerprint density at radius 2 is 1.74 bits per heavy atom. The molecule has 0 spiro atoms. The quantitative estimate of drug-likeness (QED) is 0.284. The van der Waals surface area contributed by atoms with Crippen LogP contribution in [-0.4, -0.2) is 28.6 Å². The third-order valence-electron chi connectivity index (χ3n) is 6.94. The molecule has 0 N–H and O–H groups in total. The van der Waals surface area contributed by atoms with E-state index in [1.807, 2.05) is 29.2 Å². The normalized spacial score (nSPS) is 15.8. The zero-order valence-electron chi connectivity index (χ0n) is 20.8. The molecule has 0 saturated carbocycles. The molecule has 1 aliphatic heterocycles. The molecule has 5 nitrogen and oxygen atoms in total. The average molecular weight is 468 g/mol. The van der Waals surface area contributed by atoms with Gasteiger partial charge in [-0.3, -0.25) is 4.79 Å². The van der Waals surface area contributed by atoms with E-state index in [-0.39, 0.29) is 11.8 Å². The number of hydrogen-bond donors (Lipinski definition) is 0. The van der Waals surface area contributed by atoms with Gasteiger partial charge in [-0.05, 0) is 69.0 Å². The van der Waals surface area contributed by atoms with Gasteiger partial charge in [0, 0.05) is 31.1 Å². The average Bonchev–Trinajstić information content (AvgIpc) is 3.40. The second-order valence-electron chi connectivity index (χ2n) is 9.63. The minimum atomic E-state index is 0.0822. The fourth-order valence-electron chi connectivity index (χ4n) is 5.13. The van der Waals surface area contributed by atoms with Crippen molar-refractivity contribution in [2.45, 2.75) is 52.5 Å². The van der Waals surface area contributed by atoms with Crippen LogP contribution in [0.4, 0.5) is 5.69 Å². The first-order chi connectivity index (χ1) is 17.0. The lowest BCUT2D eigenvalue weighted by atomic mass is 10.1. The molecule has 180 valence electrons. The van der Waals surface area contributed by atoms with Crippen LogP contribution in [0.5, 0.6) is 5.75 Å². The van der Waals surface area contributed by atoms with Crippen LogP contribution in [-0.2, 0) is 11.3 Å². The summed E-state index contributed by atoms with van der Waals surface area (Å²) in [6.45, 7) is 8.46. The lowest BCUT2D eigenvalue weighted by molar-refractivity contribution is -0.117. The second-order valence-corrected chi connectivity index (χ2v) is 9.63. The number of benzene rings is 3. The third kappa shape index (κ3) is 4.81. The van der Waals surface area contributed by atoms with Crippen LogP contribution < -0.4 is 9.64 Å². The van der Waals surface area contributed by atoms with E-state index in [4.69, 9.17) is 9.72 Å². The highest BCUT2D eigenvalue weighted by Crippen LogP contribution is 2.35. The number of ether oxygens (including phenoxy) is 1. The second kappa shape index (κ2) is 9.95. The first-order valence-electron chi connectivity index (χ1n) is 12.5. The van der Waals surface area contributed by atoms with Gasteiger partial charge in [-0.1, -0.05) is 48.0 Å². The number of hydrogen-bond acceptors (Lipinski definition) is 3. The van der Waals surface area contributed by atoms with E-state index in [2.05, 4.69) is 67.8 Å². The van der Waals surface area contributed by atoms with E-state index in [0.29, 0.717) is 19.6 Å². The Kier molecular flexibility index (Phi) is 6.58. The Labute approximate surface area is 207 Å². The maximum absolute atomic E-state index is 13.1. The highest BCUT2D eigenvalue weighted by molar-refractivity contribution is 5.97. The smallest absolute Gasteiger partial charge is 0.227 e. The fourth-order valence-corrected chi connectivity index (χ4v) is 5.13. The van der Waals surface area contributed by atoms with Crippen LogP contribution in [0, 0.1) is 20.8 Å². The predicted molar refractivity (Wildman–Crippen MR) is 141 cm³/mol. The number of carbonyl (C=O) groups excluding carboxylic acids is 1. The third-order valence-corrected chi connectivity index (χ3v) is 6.94. The van der Waals surface area contributed by atoms with E-state index in [0.717, 1.165) is 58.8 Å². The number of anilines is 1. The van der Waals surface area contributed by atoms with Gasteiger partial charge in [0.25, 0.3) is 0 Å². The Morgan fingerprint density at radius 3 is 2.57 bits per heavy atom.